The number of ketones is 1. The SMILES string of the molecule is Cc1ccc(NC(=O)C[n+]2ccc(C(=O)c3ccccc3)cc2)cc1Cl. The summed E-state index contributed by atoms with van der Waals surface area (Å²) in [5, 5.41) is 3.42. The molecule has 0 spiro atoms. The number of carbonyl (C=O) groups excluding carboxylic acids is 2. The molecule has 3 aromatic rings. The first kappa shape index (κ1) is 17.8. The molecule has 5 heteroatoms. The van der Waals surface area contributed by atoms with Gasteiger partial charge in [0.15, 0.2) is 18.2 Å². The highest BCUT2D eigenvalue weighted by Gasteiger charge is 2.13. The normalized spacial score (nSPS) is 10.4. The molecular formula is C21H18ClN2O2+. The van der Waals surface area contributed by atoms with Crippen molar-refractivity contribution in [2.45, 2.75) is 13.5 Å². The smallest absolute Gasteiger partial charge is 0.290 e. The van der Waals surface area contributed by atoms with Gasteiger partial charge in [0.25, 0.3) is 5.91 Å². The number of nitrogens with one attached hydrogen (secondary N) is 1. The lowest BCUT2D eigenvalue weighted by Gasteiger charge is -2.05. The Hall–Kier alpha value is -2.98. The molecule has 1 aromatic heterocycles. The quantitative estimate of drug-likeness (QED) is 0.552. The number of hydrogen-bond acceptors (Lipinski definition) is 2. The van der Waals surface area contributed by atoms with Crippen LogP contribution in [0.1, 0.15) is 21.5 Å². The van der Waals surface area contributed by atoms with Crippen LogP contribution in [0.2, 0.25) is 5.02 Å². The molecular weight excluding hydrogens is 348 g/mol. The van der Waals surface area contributed by atoms with Gasteiger partial charge in [0, 0.05) is 34.0 Å². The largest absolute Gasteiger partial charge is 0.321 e. The van der Waals surface area contributed by atoms with Gasteiger partial charge in [0.1, 0.15) is 0 Å². The zero-order valence-electron chi connectivity index (χ0n) is 14.3. The fourth-order valence-corrected chi connectivity index (χ4v) is 2.69. The number of anilines is 1. The molecule has 1 N–H and O–H groups in total. The maximum absolute atomic E-state index is 12.4. The van der Waals surface area contributed by atoms with E-state index >= 15 is 0 Å². The predicted octanol–water partition coefficient (Wildman–Crippen LogP) is 3.81. The minimum absolute atomic E-state index is 0.0449. The first-order valence-corrected chi connectivity index (χ1v) is 8.55. The molecule has 4 nitrogen and oxygen atoms in total. The van der Waals surface area contributed by atoms with Crippen LogP contribution in [0.15, 0.2) is 73.1 Å². The summed E-state index contributed by atoms with van der Waals surface area (Å²) >= 11 is 6.07. The zero-order chi connectivity index (χ0) is 18.5. The van der Waals surface area contributed by atoms with Crippen molar-refractivity contribution in [3.05, 3.63) is 94.8 Å². The van der Waals surface area contributed by atoms with Crippen LogP contribution < -0.4 is 9.88 Å². The number of carbonyl (C=O) groups is 2. The van der Waals surface area contributed by atoms with Gasteiger partial charge in [0.2, 0.25) is 6.54 Å². The van der Waals surface area contributed by atoms with Gasteiger partial charge in [-0.1, -0.05) is 48.0 Å². The Kier molecular flexibility index (Phi) is 5.44. The molecule has 0 bridgehead atoms. The van der Waals surface area contributed by atoms with Crippen molar-refractivity contribution in [3.8, 4) is 0 Å². The highest BCUT2D eigenvalue weighted by atomic mass is 35.5. The van der Waals surface area contributed by atoms with Crippen molar-refractivity contribution in [3.63, 3.8) is 0 Å². The average molecular weight is 366 g/mol. The van der Waals surface area contributed by atoms with E-state index < -0.39 is 0 Å². The summed E-state index contributed by atoms with van der Waals surface area (Å²) in [5.74, 6) is -0.214. The van der Waals surface area contributed by atoms with E-state index in [4.69, 9.17) is 11.6 Å². The molecule has 130 valence electrons. The van der Waals surface area contributed by atoms with Gasteiger partial charge >= 0.3 is 0 Å². The van der Waals surface area contributed by atoms with Crippen LogP contribution >= 0.6 is 11.6 Å². The van der Waals surface area contributed by atoms with Crippen LogP contribution in [0.4, 0.5) is 5.69 Å². The molecule has 1 amide bonds. The van der Waals surface area contributed by atoms with E-state index in [9.17, 15) is 9.59 Å². The highest BCUT2D eigenvalue weighted by Crippen LogP contribution is 2.19. The summed E-state index contributed by atoms with van der Waals surface area (Å²) in [4.78, 5) is 24.6. The number of hydrogen-bond donors (Lipinski definition) is 1. The molecule has 2 aromatic carbocycles. The highest BCUT2D eigenvalue weighted by molar-refractivity contribution is 6.31. The van der Waals surface area contributed by atoms with Crippen molar-refractivity contribution in [1.82, 2.24) is 0 Å². The third-order valence-corrected chi connectivity index (χ3v) is 4.38. The van der Waals surface area contributed by atoms with Crippen molar-refractivity contribution in [2.75, 3.05) is 5.32 Å². The van der Waals surface area contributed by atoms with Crippen LogP contribution in [0.3, 0.4) is 0 Å². The number of aromatic nitrogens is 1. The van der Waals surface area contributed by atoms with E-state index in [1.807, 2.05) is 37.3 Å². The van der Waals surface area contributed by atoms with Crippen molar-refractivity contribution in [1.29, 1.82) is 0 Å². The van der Waals surface area contributed by atoms with Crippen molar-refractivity contribution < 1.29 is 14.2 Å². The lowest BCUT2D eigenvalue weighted by Crippen LogP contribution is -2.39. The lowest BCUT2D eigenvalue weighted by atomic mass is 10.0. The Morgan fingerprint density at radius 1 is 0.962 bits per heavy atom. The molecule has 26 heavy (non-hydrogen) atoms. The zero-order valence-corrected chi connectivity index (χ0v) is 15.0. The van der Waals surface area contributed by atoms with E-state index in [1.165, 1.54) is 0 Å². The van der Waals surface area contributed by atoms with Gasteiger partial charge in [-0.3, -0.25) is 9.59 Å². The molecule has 0 saturated carbocycles. The Bertz CT molecular complexity index is 938. The predicted molar refractivity (Wildman–Crippen MR) is 101 cm³/mol. The van der Waals surface area contributed by atoms with Crippen molar-refractivity contribution >= 4 is 29.0 Å². The summed E-state index contributed by atoms with van der Waals surface area (Å²) in [6.45, 7) is 2.05. The standard InChI is InChI=1S/C21H17ClN2O2/c1-15-7-8-18(13-19(15)22)23-20(25)14-24-11-9-17(10-12-24)21(26)16-5-3-2-4-6-16/h2-13H,14H2,1H3/p+1. The molecule has 0 unspecified atom stereocenters. The van der Waals surface area contributed by atoms with Gasteiger partial charge in [-0.15, -0.1) is 0 Å². The summed E-state index contributed by atoms with van der Waals surface area (Å²) in [6, 6.07) is 17.9. The summed E-state index contributed by atoms with van der Waals surface area (Å²) < 4.78 is 1.72. The second-order valence-corrected chi connectivity index (χ2v) is 6.37. The number of nitrogens with zero attached hydrogens (tertiary/aromatic N) is 1. The molecule has 0 saturated heterocycles. The van der Waals surface area contributed by atoms with Crippen LogP contribution in [-0.2, 0) is 11.3 Å². The Labute approximate surface area is 157 Å². The van der Waals surface area contributed by atoms with E-state index in [2.05, 4.69) is 5.32 Å². The summed E-state index contributed by atoms with van der Waals surface area (Å²) in [7, 11) is 0. The van der Waals surface area contributed by atoms with Gasteiger partial charge in [-0.25, -0.2) is 0 Å². The minimum Gasteiger partial charge on any atom is -0.321 e. The number of halogens is 1. The van der Waals surface area contributed by atoms with E-state index in [-0.39, 0.29) is 18.2 Å². The lowest BCUT2D eigenvalue weighted by molar-refractivity contribution is -0.684. The molecule has 0 aliphatic carbocycles. The molecule has 0 aliphatic rings. The van der Waals surface area contributed by atoms with Gasteiger partial charge in [-0.05, 0) is 24.6 Å². The third-order valence-electron chi connectivity index (χ3n) is 3.97. The van der Waals surface area contributed by atoms with Crippen LogP contribution in [0.25, 0.3) is 0 Å². The fraction of sp³-hybridized carbons (Fsp3) is 0.0952. The molecule has 3 rings (SSSR count). The van der Waals surface area contributed by atoms with Gasteiger partial charge < -0.3 is 5.32 Å². The molecule has 0 atom stereocenters. The average Bonchev–Trinajstić information content (AvgIpc) is 2.65. The first-order valence-electron chi connectivity index (χ1n) is 8.18. The summed E-state index contributed by atoms with van der Waals surface area (Å²) in [5.41, 5.74) is 2.83. The number of rotatable bonds is 5. The van der Waals surface area contributed by atoms with E-state index in [1.54, 1.807) is 47.3 Å². The van der Waals surface area contributed by atoms with E-state index in [0.29, 0.717) is 21.8 Å². The molecule has 0 fully saturated rings. The Balaban J connectivity index is 1.64. The van der Waals surface area contributed by atoms with Gasteiger partial charge in [-0.2, -0.15) is 4.57 Å². The monoisotopic (exact) mass is 365 g/mol. The Morgan fingerprint density at radius 3 is 2.27 bits per heavy atom. The second-order valence-electron chi connectivity index (χ2n) is 5.97. The molecule has 0 aliphatic heterocycles. The van der Waals surface area contributed by atoms with Gasteiger partial charge in [0.05, 0.1) is 0 Å². The number of aryl methyl sites for hydroxylation is 1. The van der Waals surface area contributed by atoms with E-state index in [0.717, 1.165) is 5.56 Å². The first-order chi connectivity index (χ1) is 12.5. The van der Waals surface area contributed by atoms with Crippen LogP contribution in [-0.4, -0.2) is 11.7 Å². The second kappa shape index (κ2) is 7.93. The number of amides is 1. The third kappa shape index (κ3) is 4.35. The van der Waals surface area contributed by atoms with Crippen molar-refractivity contribution in [2.24, 2.45) is 0 Å². The van der Waals surface area contributed by atoms with Crippen LogP contribution in [0.5, 0.6) is 0 Å². The number of pyridine rings is 1. The number of benzene rings is 2. The maximum atomic E-state index is 12.4. The molecule has 0 radical (unpaired) electrons. The topological polar surface area (TPSA) is 50.1 Å². The molecule has 1 heterocycles. The minimum atomic E-state index is -0.169. The van der Waals surface area contributed by atoms with Crippen LogP contribution in [0, 0.1) is 6.92 Å². The maximum Gasteiger partial charge on any atom is 0.290 e. The Morgan fingerprint density at radius 2 is 1.62 bits per heavy atom. The fourth-order valence-electron chi connectivity index (χ4n) is 2.51. The summed E-state index contributed by atoms with van der Waals surface area (Å²) in [6.07, 6.45) is 3.44.